The van der Waals surface area contributed by atoms with Crippen LogP contribution in [0.1, 0.15) is 134 Å². The molecule has 1 atom stereocenters. The van der Waals surface area contributed by atoms with Gasteiger partial charge in [0.1, 0.15) is 0 Å². The number of rotatable bonds is 13. The van der Waals surface area contributed by atoms with Gasteiger partial charge in [-0.2, -0.15) is 0 Å². The zero-order valence-electron chi connectivity index (χ0n) is 20.9. The van der Waals surface area contributed by atoms with Gasteiger partial charge in [0, 0.05) is 0 Å². The van der Waals surface area contributed by atoms with Crippen LogP contribution in [0.3, 0.4) is 0 Å². The topological polar surface area (TPSA) is 9.23 Å². The van der Waals surface area contributed by atoms with Gasteiger partial charge in [0.05, 0.1) is 6.61 Å². The van der Waals surface area contributed by atoms with Crippen molar-refractivity contribution in [1.82, 2.24) is 0 Å². The molecule has 1 nitrogen and oxygen atoms in total. The molecule has 1 fully saturated rings. The molecule has 0 saturated heterocycles. The van der Waals surface area contributed by atoms with Gasteiger partial charge in [0.2, 0.25) is 0 Å². The maximum atomic E-state index is 14.9. The number of halogens is 1. The van der Waals surface area contributed by atoms with Crippen molar-refractivity contribution in [3.8, 4) is 5.75 Å². The van der Waals surface area contributed by atoms with Crippen LogP contribution in [0.2, 0.25) is 0 Å². The molecule has 1 aromatic carbocycles. The molecule has 1 saturated carbocycles. The van der Waals surface area contributed by atoms with E-state index in [1.54, 1.807) is 11.6 Å². The Labute approximate surface area is 197 Å². The van der Waals surface area contributed by atoms with E-state index in [1.807, 2.05) is 6.07 Å². The van der Waals surface area contributed by atoms with Crippen molar-refractivity contribution in [1.29, 1.82) is 0 Å². The first-order valence-electron chi connectivity index (χ1n) is 13.8. The summed E-state index contributed by atoms with van der Waals surface area (Å²) < 4.78 is 20.6. The number of benzene rings is 1. The summed E-state index contributed by atoms with van der Waals surface area (Å²) in [5, 5.41) is 0. The van der Waals surface area contributed by atoms with Crippen LogP contribution in [0, 0.1) is 11.2 Å². The minimum Gasteiger partial charge on any atom is -0.491 e. The Morgan fingerprint density at radius 3 is 2.47 bits per heavy atom. The summed E-state index contributed by atoms with van der Waals surface area (Å²) in [5.41, 5.74) is 3.32. The van der Waals surface area contributed by atoms with Crippen LogP contribution in [-0.2, 0) is 0 Å². The van der Waals surface area contributed by atoms with E-state index in [2.05, 4.69) is 26.0 Å². The SMILES string of the molecule is CCCCOc1ccc(C(CCC2(CCCC)CCCCC2)CC2=CCCCC2)cc1F. The van der Waals surface area contributed by atoms with Gasteiger partial charge < -0.3 is 4.74 Å². The van der Waals surface area contributed by atoms with E-state index < -0.39 is 0 Å². The molecule has 3 rings (SSSR count). The predicted molar refractivity (Wildman–Crippen MR) is 135 cm³/mol. The first-order valence-corrected chi connectivity index (χ1v) is 13.8. The molecule has 2 heteroatoms. The number of allylic oxidation sites excluding steroid dienone is 2. The summed E-state index contributed by atoms with van der Waals surface area (Å²) in [6.45, 7) is 5.05. The lowest BCUT2D eigenvalue weighted by Gasteiger charge is -2.39. The van der Waals surface area contributed by atoms with E-state index in [9.17, 15) is 4.39 Å². The highest BCUT2D eigenvalue weighted by atomic mass is 19.1. The lowest BCUT2D eigenvalue weighted by molar-refractivity contribution is 0.145. The molecule has 2 aliphatic rings. The Morgan fingerprint density at radius 1 is 0.969 bits per heavy atom. The first-order chi connectivity index (χ1) is 15.7. The minimum absolute atomic E-state index is 0.181. The highest BCUT2D eigenvalue weighted by molar-refractivity contribution is 5.32. The van der Waals surface area contributed by atoms with Crippen LogP contribution in [0.5, 0.6) is 5.75 Å². The molecule has 0 spiro atoms. The van der Waals surface area contributed by atoms with Crippen LogP contribution in [0.15, 0.2) is 29.8 Å². The van der Waals surface area contributed by atoms with Crippen molar-refractivity contribution in [3.63, 3.8) is 0 Å². The molecule has 32 heavy (non-hydrogen) atoms. The standard InChI is InChI=1S/C30H47FO/c1-3-5-18-30(19-11-8-12-20-30)21-17-27(23-25-13-9-7-10-14-25)26-15-16-29(28(31)24-26)32-22-6-4-2/h13,15-16,24,27H,3-12,14,17-23H2,1-2H3. The molecule has 0 bridgehead atoms. The van der Waals surface area contributed by atoms with Gasteiger partial charge in [-0.15, -0.1) is 0 Å². The van der Waals surface area contributed by atoms with Crippen molar-refractivity contribution < 1.29 is 9.13 Å². The molecule has 0 aromatic heterocycles. The molecule has 0 amide bonds. The molecule has 1 unspecified atom stereocenters. The molecule has 0 heterocycles. The van der Waals surface area contributed by atoms with Crippen molar-refractivity contribution >= 4 is 0 Å². The Hall–Kier alpha value is -1.31. The predicted octanol–water partition coefficient (Wildman–Crippen LogP) is 9.90. The van der Waals surface area contributed by atoms with Gasteiger partial charge in [-0.1, -0.05) is 70.1 Å². The summed E-state index contributed by atoms with van der Waals surface area (Å²) in [5.74, 6) is 0.670. The van der Waals surface area contributed by atoms with Crippen LogP contribution in [-0.4, -0.2) is 6.61 Å². The molecule has 2 aliphatic carbocycles. The Kier molecular flexibility index (Phi) is 10.6. The number of hydrogen-bond donors (Lipinski definition) is 0. The van der Waals surface area contributed by atoms with E-state index >= 15 is 0 Å². The quantitative estimate of drug-likeness (QED) is 0.218. The van der Waals surface area contributed by atoms with E-state index in [1.165, 1.54) is 95.5 Å². The molecule has 0 N–H and O–H groups in total. The Balaban J connectivity index is 1.74. The number of hydrogen-bond acceptors (Lipinski definition) is 1. The lowest BCUT2D eigenvalue weighted by Crippen LogP contribution is -2.25. The second-order valence-corrected chi connectivity index (χ2v) is 10.6. The first kappa shape index (κ1) is 25.3. The summed E-state index contributed by atoms with van der Waals surface area (Å²) in [7, 11) is 0. The summed E-state index contributed by atoms with van der Waals surface area (Å²) >= 11 is 0. The molecule has 0 radical (unpaired) electrons. The third-order valence-corrected chi connectivity index (χ3v) is 8.07. The highest BCUT2D eigenvalue weighted by Crippen LogP contribution is 2.47. The van der Waals surface area contributed by atoms with E-state index in [4.69, 9.17) is 4.74 Å². The molecule has 180 valence electrons. The maximum Gasteiger partial charge on any atom is 0.165 e. The zero-order valence-corrected chi connectivity index (χ0v) is 20.9. The minimum atomic E-state index is -0.181. The molecular formula is C30H47FO. The summed E-state index contributed by atoms with van der Waals surface area (Å²) in [6, 6.07) is 5.82. The zero-order chi connectivity index (χ0) is 22.7. The second-order valence-electron chi connectivity index (χ2n) is 10.6. The highest BCUT2D eigenvalue weighted by Gasteiger charge is 2.32. The third kappa shape index (κ3) is 7.63. The largest absolute Gasteiger partial charge is 0.491 e. The van der Waals surface area contributed by atoms with Crippen molar-refractivity contribution in [2.45, 2.75) is 129 Å². The van der Waals surface area contributed by atoms with Crippen LogP contribution < -0.4 is 4.74 Å². The van der Waals surface area contributed by atoms with Crippen molar-refractivity contribution in [2.24, 2.45) is 5.41 Å². The van der Waals surface area contributed by atoms with Gasteiger partial charge in [0.15, 0.2) is 11.6 Å². The molecule has 1 aromatic rings. The van der Waals surface area contributed by atoms with Gasteiger partial charge >= 0.3 is 0 Å². The Bertz CT molecular complexity index is 701. The fraction of sp³-hybridized carbons (Fsp3) is 0.733. The fourth-order valence-corrected chi connectivity index (χ4v) is 5.97. The van der Waals surface area contributed by atoms with E-state index in [0.29, 0.717) is 23.7 Å². The third-order valence-electron chi connectivity index (χ3n) is 8.07. The van der Waals surface area contributed by atoms with Crippen LogP contribution in [0.4, 0.5) is 4.39 Å². The maximum absolute atomic E-state index is 14.9. The van der Waals surface area contributed by atoms with Crippen LogP contribution >= 0.6 is 0 Å². The van der Waals surface area contributed by atoms with Crippen molar-refractivity contribution in [3.05, 3.63) is 41.2 Å². The van der Waals surface area contributed by atoms with Gasteiger partial charge in [-0.05, 0) is 99.7 Å². The molecule has 0 aliphatic heterocycles. The fourth-order valence-electron chi connectivity index (χ4n) is 5.97. The smallest absolute Gasteiger partial charge is 0.165 e. The average Bonchev–Trinajstić information content (AvgIpc) is 2.83. The average molecular weight is 443 g/mol. The number of unbranched alkanes of at least 4 members (excludes halogenated alkanes) is 2. The summed E-state index contributed by atoms with van der Waals surface area (Å²) in [6.07, 6.45) is 24.3. The van der Waals surface area contributed by atoms with Gasteiger partial charge in [-0.25, -0.2) is 4.39 Å². The van der Waals surface area contributed by atoms with Crippen molar-refractivity contribution in [2.75, 3.05) is 6.61 Å². The van der Waals surface area contributed by atoms with Crippen LogP contribution in [0.25, 0.3) is 0 Å². The Morgan fingerprint density at radius 2 is 1.78 bits per heavy atom. The lowest BCUT2D eigenvalue weighted by atomic mass is 9.67. The monoisotopic (exact) mass is 442 g/mol. The van der Waals surface area contributed by atoms with E-state index in [0.717, 1.165) is 19.3 Å². The normalized spacial score (nSPS) is 19.4. The summed E-state index contributed by atoms with van der Waals surface area (Å²) in [4.78, 5) is 0. The second kappa shape index (κ2) is 13.4. The van der Waals surface area contributed by atoms with Gasteiger partial charge in [0.25, 0.3) is 0 Å². The molecular weight excluding hydrogens is 395 g/mol. The van der Waals surface area contributed by atoms with Gasteiger partial charge in [-0.3, -0.25) is 0 Å². The number of ether oxygens (including phenoxy) is 1. The van der Waals surface area contributed by atoms with E-state index in [-0.39, 0.29) is 5.82 Å².